The van der Waals surface area contributed by atoms with Crippen molar-refractivity contribution in [3.8, 4) is 0 Å². The first kappa shape index (κ1) is 16.8. The van der Waals surface area contributed by atoms with Crippen LogP contribution < -0.4 is 5.32 Å². The van der Waals surface area contributed by atoms with Gasteiger partial charge in [-0.2, -0.15) is 0 Å². The molecule has 0 aromatic heterocycles. The molecule has 20 heavy (non-hydrogen) atoms. The zero-order valence-electron chi connectivity index (χ0n) is 12.8. The molecule has 1 fully saturated rings. The second-order valence-corrected chi connectivity index (χ2v) is 6.07. The Kier molecular flexibility index (Phi) is 6.26. The molecule has 1 aliphatic rings. The number of amides is 2. The van der Waals surface area contributed by atoms with Crippen molar-refractivity contribution in [3.05, 3.63) is 0 Å². The third-order valence-corrected chi connectivity index (χ3v) is 3.55. The van der Waals surface area contributed by atoms with Gasteiger partial charge in [0, 0.05) is 31.7 Å². The lowest BCUT2D eigenvalue weighted by atomic mass is 9.99. The van der Waals surface area contributed by atoms with Crippen molar-refractivity contribution in [1.29, 1.82) is 0 Å². The van der Waals surface area contributed by atoms with Gasteiger partial charge in [-0.3, -0.25) is 9.69 Å². The smallest absolute Gasteiger partial charge is 0.317 e. The maximum atomic E-state index is 12.3. The van der Waals surface area contributed by atoms with E-state index in [4.69, 9.17) is 5.11 Å². The zero-order valence-corrected chi connectivity index (χ0v) is 12.8. The number of carboxylic acid groups (broad SMARTS) is 1. The summed E-state index contributed by atoms with van der Waals surface area (Å²) in [5.74, 6) is -0.813. The second kappa shape index (κ2) is 7.47. The Morgan fingerprint density at radius 3 is 2.50 bits per heavy atom. The number of rotatable bonds is 5. The predicted molar refractivity (Wildman–Crippen MR) is 77.8 cm³/mol. The molecule has 0 aromatic rings. The van der Waals surface area contributed by atoms with Crippen molar-refractivity contribution >= 4 is 12.0 Å². The van der Waals surface area contributed by atoms with E-state index in [-0.39, 0.29) is 18.1 Å². The third kappa shape index (κ3) is 5.77. The van der Waals surface area contributed by atoms with Gasteiger partial charge in [0.05, 0.1) is 6.54 Å². The van der Waals surface area contributed by atoms with Crippen LogP contribution >= 0.6 is 0 Å². The molecule has 6 nitrogen and oxygen atoms in total. The van der Waals surface area contributed by atoms with Gasteiger partial charge >= 0.3 is 12.0 Å². The highest BCUT2D eigenvalue weighted by atomic mass is 16.4. The van der Waals surface area contributed by atoms with Gasteiger partial charge in [0.15, 0.2) is 0 Å². The first-order chi connectivity index (χ1) is 9.34. The molecule has 1 heterocycles. The Hall–Kier alpha value is -1.30. The molecular weight excluding hydrogens is 258 g/mol. The van der Waals surface area contributed by atoms with Crippen LogP contribution in [0.2, 0.25) is 0 Å². The summed E-state index contributed by atoms with van der Waals surface area (Å²) in [6, 6.07) is -0.0411. The van der Waals surface area contributed by atoms with E-state index in [1.54, 1.807) is 4.90 Å². The molecule has 0 saturated carbocycles. The largest absolute Gasteiger partial charge is 0.480 e. The summed E-state index contributed by atoms with van der Waals surface area (Å²) >= 11 is 0. The van der Waals surface area contributed by atoms with E-state index in [2.05, 4.69) is 12.2 Å². The van der Waals surface area contributed by atoms with Crippen molar-refractivity contribution in [2.75, 3.05) is 32.7 Å². The summed E-state index contributed by atoms with van der Waals surface area (Å²) in [5.41, 5.74) is -0.196. The summed E-state index contributed by atoms with van der Waals surface area (Å²) in [5, 5.41) is 11.9. The number of hydrogen-bond acceptors (Lipinski definition) is 3. The Bertz CT molecular complexity index is 345. The molecule has 0 aliphatic carbocycles. The highest BCUT2D eigenvalue weighted by molar-refractivity contribution is 5.75. The molecule has 1 aliphatic heterocycles. The molecule has 1 rings (SSSR count). The Labute approximate surface area is 121 Å². The van der Waals surface area contributed by atoms with E-state index in [0.29, 0.717) is 19.6 Å². The molecule has 2 N–H and O–H groups in total. The maximum absolute atomic E-state index is 12.3. The van der Waals surface area contributed by atoms with Crippen LogP contribution in [0.3, 0.4) is 0 Å². The van der Waals surface area contributed by atoms with Crippen LogP contribution in [-0.2, 0) is 4.79 Å². The number of nitrogens with zero attached hydrogens (tertiary/aromatic N) is 2. The van der Waals surface area contributed by atoms with Crippen molar-refractivity contribution in [1.82, 2.24) is 15.1 Å². The van der Waals surface area contributed by atoms with Gasteiger partial charge in [0.1, 0.15) is 0 Å². The third-order valence-electron chi connectivity index (χ3n) is 3.55. The van der Waals surface area contributed by atoms with Crippen LogP contribution in [0.4, 0.5) is 4.79 Å². The van der Waals surface area contributed by atoms with Gasteiger partial charge in [0.2, 0.25) is 0 Å². The van der Waals surface area contributed by atoms with Crippen molar-refractivity contribution < 1.29 is 14.7 Å². The summed E-state index contributed by atoms with van der Waals surface area (Å²) in [6.45, 7) is 8.83. The fourth-order valence-electron chi connectivity index (χ4n) is 2.58. The quantitative estimate of drug-likeness (QED) is 0.800. The summed E-state index contributed by atoms with van der Waals surface area (Å²) in [7, 11) is 0. The molecule has 2 amide bonds. The fourth-order valence-corrected chi connectivity index (χ4v) is 2.58. The van der Waals surface area contributed by atoms with Crippen LogP contribution in [-0.4, -0.2) is 65.2 Å². The van der Waals surface area contributed by atoms with E-state index in [1.807, 2.05) is 18.7 Å². The highest BCUT2D eigenvalue weighted by Gasteiger charge is 2.25. The molecule has 0 atom stereocenters. The fraction of sp³-hybridized carbons (Fsp3) is 0.857. The molecule has 1 saturated heterocycles. The number of carbonyl (C=O) groups excluding carboxylic acids is 1. The van der Waals surface area contributed by atoms with Gasteiger partial charge in [-0.25, -0.2) is 4.79 Å². The molecule has 6 heteroatoms. The molecule has 0 unspecified atom stereocenters. The van der Waals surface area contributed by atoms with Crippen LogP contribution in [0.25, 0.3) is 0 Å². The zero-order chi connectivity index (χ0) is 15.2. The Morgan fingerprint density at radius 2 is 1.90 bits per heavy atom. The molecule has 0 spiro atoms. The highest BCUT2D eigenvalue weighted by Crippen LogP contribution is 2.12. The van der Waals surface area contributed by atoms with Gasteiger partial charge in [-0.15, -0.1) is 0 Å². The van der Waals surface area contributed by atoms with Crippen molar-refractivity contribution in [3.63, 3.8) is 0 Å². The first-order valence-corrected chi connectivity index (χ1v) is 7.35. The topological polar surface area (TPSA) is 72.9 Å². The summed E-state index contributed by atoms with van der Waals surface area (Å²) in [4.78, 5) is 26.6. The average molecular weight is 285 g/mol. The molecule has 0 bridgehead atoms. The monoisotopic (exact) mass is 285 g/mol. The lowest BCUT2D eigenvalue weighted by molar-refractivity contribution is -0.138. The standard InChI is InChI=1S/C14H27N3O3/c1-4-6-14(2,3)15-13(20)17-8-5-7-16(9-10-17)11-12(18)19/h4-11H2,1-3H3,(H,15,20)(H,18,19). The van der Waals surface area contributed by atoms with E-state index >= 15 is 0 Å². The molecular formula is C14H27N3O3. The molecule has 0 radical (unpaired) electrons. The first-order valence-electron chi connectivity index (χ1n) is 7.35. The van der Waals surface area contributed by atoms with Gasteiger partial charge in [-0.1, -0.05) is 13.3 Å². The number of urea groups is 1. The lowest BCUT2D eigenvalue weighted by Gasteiger charge is -2.30. The van der Waals surface area contributed by atoms with Crippen LogP contribution in [0, 0.1) is 0 Å². The minimum Gasteiger partial charge on any atom is -0.480 e. The van der Waals surface area contributed by atoms with Crippen molar-refractivity contribution in [2.24, 2.45) is 0 Å². The Balaban J connectivity index is 2.48. The number of hydrogen-bond donors (Lipinski definition) is 2. The minimum atomic E-state index is -0.813. The number of nitrogens with one attached hydrogen (secondary N) is 1. The van der Waals surface area contributed by atoms with Crippen LogP contribution in [0.5, 0.6) is 0 Å². The van der Waals surface area contributed by atoms with E-state index < -0.39 is 5.97 Å². The van der Waals surface area contributed by atoms with Gasteiger partial charge < -0.3 is 15.3 Å². The van der Waals surface area contributed by atoms with E-state index in [9.17, 15) is 9.59 Å². The lowest BCUT2D eigenvalue weighted by Crippen LogP contribution is -2.50. The Morgan fingerprint density at radius 1 is 1.20 bits per heavy atom. The summed E-state index contributed by atoms with van der Waals surface area (Å²) in [6.07, 6.45) is 2.78. The van der Waals surface area contributed by atoms with E-state index in [1.165, 1.54) is 0 Å². The molecule has 116 valence electrons. The summed E-state index contributed by atoms with van der Waals surface area (Å²) < 4.78 is 0. The van der Waals surface area contributed by atoms with Gasteiger partial charge in [0.25, 0.3) is 0 Å². The minimum absolute atomic E-state index is 0.0411. The normalized spacial score (nSPS) is 17.6. The van der Waals surface area contributed by atoms with Gasteiger partial charge in [-0.05, 0) is 26.7 Å². The van der Waals surface area contributed by atoms with E-state index in [0.717, 1.165) is 25.8 Å². The molecule has 0 aromatic carbocycles. The second-order valence-electron chi connectivity index (χ2n) is 6.07. The number of carboxylic acids is 1. The maximum Gasteiger partial charge on any atom is 0.317 e. The SMILES string of the molecule is CCCC(C)(C)NC(=O)N1CCCN(CC(=O)O)CC1. The van der Waals surface area contributed by atoms with Crippen LogP contribution in [0.15, 0.2) is 0 Å². The number of carbonyl (C=O) groups is 2. The number of aliphatic carboxylic acids is 1. The average Bonchev–Trinajstić information content (AvgIpc) is 2.53. The predicted octanol–water partition coefficient (Wildman–Crippen LogP) is 1.37. The van der Waals surface area contributed by atoms with Crippen molar-refractivity contribution in [2.45, 2.75) is 45.6 Å². The van der Waals surface area contributed by atoms with Crippen LogP contribution in [0.1, 0.15) is 40.0 Å².